The summed E-state index contributed by atoms with van der Waals surface area (Å²) in [6.45, 7) is 0. The Morgan fingerprint density at radius 2 is 2.29 bits per heavy atom. The monoisotopic (exact) mass is 169 g/mol. The molecule has 0 unspecified atom stereocenters. The van der Waals surface area contributed by atoms with Gasteiger partial charge in [0.25, 0.3) is 0 Å². The average Bonchev–Trinajstić information content (AvgIpc) is 1.65. The standard InChI is InChI=1S/C3H6O2S.Cu/c1-5-3(4)2-6;/h6H,2H2,1H3;. The molecule has 0 aliphatic carbocycles. The predicted molar refractivity (Wildman–Crippen MR) is 25.9 cm³/mol. The van der Waals surface area contributed by atoms with Crippen LogP contribution in [0.1, 0.15) is 0 Å². The third-order valence-corrected chi connectivity index (χ3v) is 0.615. The minimum absolute atomic E-state index is 0. The zero-order valence-corrected chi connectivity index (χ0v) is 5.61. The van der Waals surface area contributed by atoms with Crippen LogP contribution in [-0.2, 0) is 26.6 Å². The van der Waals surface area contributed by atoms with Gasteiger partial charge in [-0.15, -0.1) is 0 Å². The fraction of sp³-hybridized carbons (Fsp3) is 0.667. The SMILES string of the molecule is COC(=O)CS.[Cu]. The first kappa shape index (κ1) is 10.3. The minimum Gasteiger partial charge on any atom is -0.468 e. The van der Waals surface area contributed by atoms with Gasteiger partial charge in [-0.25, -0.2) is 0 Å². The maximum absolute atomic E-state index is 9.88. The fourth-order valence-corrected chi connectivity index (χ4v) is 0.194. The van der Waals surface area contributed by atoms with E-state index in [-0.39, 0.29) is 28.8 Å². The third-order valence-electron chi connectivity index (χ3n) is 0.357. The van der Waals surface area contributed by atoms with E-state index in [4.69, 9.17) is 0 Å². The number of methoxy groups -OCH3 is 1. The second kappa shape index (κ2) is 6.34. The van der Waals surface area contributed by atoms with E-state index in [1.807, 2.05) is 0 Å². The molecular weight excluding hydrogens is 164 g/mol. The molecule has 0 fully saturated rings. The largest absolute Gasteiger partial charge is 0.468 e. The summed E-state index contributed by atoms with van der Waals surface area (Å²) in [7, 11) is 1.33. The third kappa shape index (κ3) is 6.34. The zero-order chi connectivity index (χ0) is 4.99. The van der Waals surface area contributed by atoms with Crippen LogP contribution in [0.15, 0.2) is 0 Å². The number of esters is 1. The molecule has 1 radical (unpaired) electrons. The van der Waals surface area contributed by atoms with Crippen LogP contribution in [0.2, 0.25) is 0 Å². The van der Waals surface area contributed by atoms with E-state index in [9.17, 15) is 4.79 Å². The summed E-state index contributed by atoms with van der Waals surface area (Å²) in [5.74, 6) is -0.130. The van der Waals surface area contributed by atoms with E-state index in [0.29, 0.717) is 0 Å². The number of carbonyl (C=O) groups is 1. The molecule has 0 aromatic heterocycles. The van der Waals surface area contributed by atoms with Crippen LogP contribution >= 0.6 is 12.6 Å². The molecule has 0 aliphatic heterocycles. The van der Waals surface area contributed by atoms with Crippen molar-refractivity contribution in [2.45, 2.75) is 0 Å². The number of carbonyl (C=O) groups excluding carboxylic acids is 1. The van der Waals surface area contributed by atoms with E-state index in [2.05, 4.69) is 17.4 Å². The molecule has 0 amide bonds. The van der Waals surface area contributed by atoms with Crippen LogP contribution in [0, 0.1) is 0 Å². The van der Waals surface area contributed by atoms with Crippen molar-refractivity contribution in [2.24, 2.45) is 0 Å². The quantitative estimate of drug-likeness (QED) is 0.342. The normalized spacial score (nSPS) is 6.57. The van der Waals surface area contributed by atoms with Gasteiger partial charge in [-0.2, -0.15) is 12.6 Å². The number of hydrogen-bond acceptors (Lipinski definition) is 3. The van der Waals surface area contributed by atoms with E-state index in [1.165, 1.54) is 7.11 Å². The summed E-state index contributed by atoms with van der Waals surface area (Å²) in [5, 5.41) is 0. The van der Waals surface area contributed by atoms with Crippen molar-refractivity contribution in [3.05, 3.63) is 0 Å². The zero-order valence-electron chi connectivity index (χ0n) is 3.77. The average molecular weight is 170 g/mol. The summed E-state index contributed by atoms with van der Waals surface area (Å²) in [5.41, 5.74) is 0. The van der Waals surface area contributed by atoms with Gasteiger partial charge in [-0.1, -0.05) is 0 Å². The Morgan fingerprint density at radius 1 is 1.86 bits per heavy atom. The van der Waals surface area contributed by atoms with Crippen LogP contribution in [0.5, 0.6) is 0 Å². The Labute approximate surface area is 58.5 Å². The van der Waals surface area contributed by atoms with Crippen molar-refractivity contribution in [1.82, 2.24) is 0 Å². The van der Waals surface area contributed by atoms with Crippen molar-refractivity contribution in [2.75, 3.05) is 12.9 Å². The van der Waals surface area contributed by atoms with Crippen molar-refractivity contribution in [1.29, 1.82) is 0 Å². The molecule has 0 bridgehead atoms. The van der Waals surface area contributed by atoms with Crippen molar-refractivity contribution in [3.8, 4) is 0 Å². The second-order valence-corrected chi connectivity index (χ2v) is 1.05. The van der Waals surface area contributed by atoms with Gasteiger partial charge >= 0.3 is 5.97 Å². The van der Waals surface area contributed by atoms with Gasteiger partial charge in [0, 0.05) is 17.1 Å². The summed E-state index contributed by atoms with van der Waals surface area (Å²) in [4.78, 5) is 9.88. The summed E-state index contributed by atoms with van der Waals surface area (Å²) >= 11 is 3.62. The van der Waals surface area contributed by atoms with Gasteiger partial charge < -0.3 is 4.74 Å². The molecule has 0 aromatic carbocycles. The predicted octanol–water partition coefficient (Wildman–Crippen LogP) is 0.0867. The van der Waals surface area contributed by atoms with Gasteiger partial charge in [0.2, 0.25) is 0 Å². The number of hydrogen-bond donors (Lipinski definition) is 1. The van der Waals surface area contributed by atoms with E-state index in [1.54, 1.807) is 0 Å². The van der Waals surface area contributed by atoms with Crippen molar-refractivity contribution < 1.29 is 26.6 Å². The second-order valence-electron chi connectivity index (χ2n) is 0.734. The maximum Gasteiger partial charge on any atom is 0.315 e. The van der Waals surface area contributed by atoms with E-state index in [0.717, 1.165) is 0 Å². The molecule has 0 saturated carbocycles. The molecule has 0 N–H and O–H groups in total. The van der Waals surface area contributed by atoms with Gasteiger partial charge in [-0.05, 0) is 0 Å². The first-order chi connectivity index (χ1) is 2.81. The topological polar surface area (TPSA) is 26.3 Å². The minimum atomic E-state index is -0.293. The Morgan fingerprint density at radius 3 is 2.29 bits per heavy atom. The molecule has 0 atom stereocenters. The van der Waals surface area contributed by atoms with Gasteiger partial charge in [0.05, 0.1) is 12.9 Å². The Bertz CT molecular complexity index is 50.9. The first-order valence-corrected chi connectivity index (χ1v) is 2.12. The summed E-state index contributed by atoms with van der Waals surface area (Å²) in [6.07, 6.45) is 0. The smallest absolute Gasteiger partial charge is 0.315 e. The van der Waals surface area contributed by atoms with Crippen LogP contribution in [0.4, 0.5) is 0 Å². The van der Waals surface area contributed by atoms with E-state index < -0.39 is 0 Å². The molecule has 0 saturated heterocycles. The number of ether oxygens (including phenoxy) is 1. The van der Waals surface area contributed by atoms with Crippen molar-refractivity contribution in [3.63, 3.8) is 0 Å². The van der Waals surface area contributed by atoms with Crippen LogP contribution in [0.3, 0.4) is 0 Å². The molecule has 47 valence electrons. The van der Waals surface area contributed by atoms with Crippen LogP contribution in [0.25, 0.3) is 0 Å². The molecule has 0 spiro atoms. The van der Waals surface area contributed by atoms with Gasteiger partial charge in [0.15, 0.2) is 0 Å². The summed E-state index contributed by atoms with van der Waals surface area (Å²) < 4.78 is 4.18. The molecule has 2 nitrogen and oxygen atoms in total. The molecule has 0 aromatic rings. The van der Waals surface area contributed by atoms with Crippen LogP contribution in [-0.4, -0.2) is 18.8 Å². The van der Waals surface area contributed by atoms with Crippen molar-refractivity contribution >= 4 is 18.6 Å². The molecule has 0 heterocycles. The number of rotatable bonds is 1. The molecule has 0 aliphatic rings. The first-order valence-electron chi connectivity index (χ1n) is 1.49. The number of thiol groups is 1. The molecule has 7 heavy (non-hydrogen) atoms. The summed E-state index contributed by atoms with van der Waals surface area (Å²) in [6, 6.07) is 0. The maximum atomic E-state index is 9.88. The van der Waals surface area contributed by atoms with E-state index >= 15 is 0 Å². The fourth-order valence-electron chi connectivity index (χ4n) is 0.0645. The molecular formula is C3H6CuO2S. The molecule has 4 heteroatoms. The Hall–Kier alpha value is 0.339. The molecule has 0 rings (SSSR count). The Balaban J connectivity index is 0. The van der Waals surface area contributed by atoms with Gasteiger partial charge in [-0.3, -0.25) is 4.79 Å². The Kier molecular flexibility index (Phi) is 9.37. The van der Waals surface area contributed by atoms with Crippen LogP contribution < -0.4 is 0 Å². The van der Waals surface area contributed by atoms with Gasteiger partial charge in [0.1, 0.15) is 0 Å².